The summed E-state index contributed by atoms with van der Waals surface area (Å²) < 4.78 is 4.22. The predicted octanol–water partition coefficient (Wildman–Crippen LogP) is -0.144. The number of rotatable bonds is 2. The van der Waals surface area contributed by atoms with Gasteiger partial charge in [-0.1, -0.05) is 0 Å². The third-order valence-corrected chi connectivity index (χ3v) is 0.625. The van der Waals surface area contributed by atoms with E-state index in [0.29, 0.717) is 5.88 Å². The van der Waals surface area contributed by atoms with Crippen molar-refractivity contribution in [3.05, 3.63) is 12.5 Å². The normalized spacial score (nSPS) is 8.50. The van der Waals surface area contributed by atoms with Gasteiger partial charge in [0, 0.05) is 0 Å². The molecule has 1 rings (SSSR count). The second kappa shape index (κ2) is 2.11. The highest BCUT2D eigenvalue weighted by Gasteiger charge is 1.88. The van der Waals surface area contributed by atoms with Crippen molar-refractivity contribution in [3.8, 4) is 5.88 Å². The Morgan fingerprint density at radius 3 is 3.25 bits per heavy atom. The van der Waals surface area contributed by atoms with Crippen molar-refractivity contribution in [3.63, 3.8) is 0 Å². The molecule has 0 spiro atoms. The molecule has 0 saturated heterocycles. The molecule has 1 radical (unpaired) electrons. The van der Waals surface area contributed by atoms with Crippen molar-refractivity contribution >= 4 is 6.47 Å². The maximum Gasteiger partial charge on any atom is 0.424 e. The Labute approximate surface area is 45.5 Å². The van der Waals surface area contributed by atoms with Crippen LogP contribution in [0.15, 0.2) is 12.5 Å². The van der Waals surface area contributed by atoms with Crippen LogP contribution in [0.4, 0.5) is 0 Å². The molecule has 0 bridgehead atoms. The number of nitrogens with one attached hydrogen (secondary N) is 1. The molecule has 1 aromatic heterocycles. The van der Waals surface area contributed by atoms with Gasteiger partial charge in [-0.2, -0.15) is 0 Å². The van der Waals surface area contributed by atoms with E-state index in [1.807, 2.05) is 0 Å². The van der Waals surface area contributed by atoms with Gasteiger partial charge in [0.25, 0.3) is 0 Å². The summed E-state index contributed by atoms with van der Waals surface area (Å²) in [6, 6.07) is 0. The van der Waals surface area contributed by atoms with Crippen LogP contribution in [0.2, 0.25) is 0 Å². The van der Waals surface area contributed by atoms with E-state index in [9.17, 15) is 4.79 Å². The Morgan fingerprint density at radius 1 is 1.88 bits per heavy atom. The molecule has 0 fully saturated rings. The van der Waals surface area contributed by atoms with Crippen molar-refractivity contribution in [1.29, 1.82) is 0 Å². The first-order valence-corrected chi connectivity index (χ1v) is 1.96. The van der Waals surface area contributed by atoms with Crippen LogP contribution >= 0.6 is 0 Å². The van der Waals surface area contributed by atoms with E-state index in [4.69, 9.17) is 0 Å². The fourth-order valence-corrected chi connectivity index (χ4v) is 0.344. The van der Waals surface area contributed by atoms with Gasteiger partial charge in [-0.3, -0.25) is 0 Å². The zero-order valence-corrected chi connectivity index (χ0v) is 3.92. The summed E-state index contributed by atoms with van der Waals surface area (Å²) in [5.74, 6) is 0.306. The minimum Gasteiger partial charge on any atom is -0.399 e. The Morgan fingerprint density at radius 2 is 2.75 bits per heavy atom. The van der Waals surface area contributed by atoms with Gasteiger partial charge in [-0.15, -0.1) is 0 Å². The van der Waals surface area contributed by atoms with Crippen molar-refractivity contribution in [2.75, 3.05) is 0 Å². The van der Waals surface area contributed by atoms with E-state index in [-0.39, 0.29) is 0 Å². The number of nitrogens with zero attached hydrogens (tertiary/aromatic N) is 1. The Bertz CT molecular complexity index is 159. The summed E-state index contributed by atoms with van der Waals surface area (Å²) in [7, 11) is 0. The van der Waals surface area contributed by atoms with Gasteiger partial charge in [-0.25, -0.2) is 9.78 Å². The number of hydrogen-bond donors (Lipinski definition) is 1. The van der Waals surface area contributed by atoms with Crippen LogP contribution in [0.1, 0.15) is 0 Å². The summed E-state index contributed by atoms with van der Waals surface area (Å²) >= 11 is 0. The molecule has 0 aliphatic carbocycles. The fourth-order valence-electron chi connectivity index (χ4n) is 0.344. The zero-order valence-electron chi connectivity index (χ0n) is 3.92. The van der Waals surface area contributed by atoms with Crippen molar-refractivity contribution in [2.24, 2.45) is 0 Å². The molecule has 41 valence electrons. The molecule has 0 atom stereocenters. The largest absolute Gasteiger partial charge is 0.424 e. The van der Waals surface area contributed by atoms with E-state index in [2.05, 4.69) is 14.7 Å². The molecule has 0 amide bonds. The van der Waals surface area contributed by atoms with Gasteiger partial charge >= 0.3 is 6.47 Å². The Kier molecular flexibility index (Phi) is 1.27. The first kappa shape index (κ1) is 4.83. The van der Waals surface area contributed by atoms with E-state index < -0.39 is 0 Å². The molecule has 4 heteroatoms. The SMILES string of the molecule is O=[C]Oc1cnc[nH]1. The van der Waals surface area contributed by atoms with Crippen LogP contribution in [-0.4, -0.2) is 16.4 Å². The molecule has 0 aliphatic heterocycles. The second-order valence-electron chi connectivity index (χ2n) is 1.10. The quantitative estimate of drug-likeness (QED) is 0.577. The molecule has 1 aromatic rings. The molecule has 0 aromatic carbocycles. The number of hydrogen-bond acceptors (Lipinski definition) is 3. The summed E-state index contributed by atoms with van der Waals surface area (Å²) in [4.78, 5) is 15.6. The van der Waals surface area contributed by atoms with Crippen molar-refractivity contribution in [1.82, 2.24) is 9.97 Å². The molecule has 4 nitrogen and oxygen atoms in total. The van der Waals surface area contributed by atoms with Crippen LogP contribution in [0.25, 0.3) is 0 Å². The van der Waals surface area contributed by atoms with Gasteiger partial charge in [0.2, 0.25) is 5.88 Å². The molecule has 1 heterocycles. The average molecular weight is 111 g/mol. The van der Waals surface area contributed by atoms with Crippen LogP contribution in [0.3, 0.4) is 0 Å². The highest BCUT2D eigenvalue weighted by atomic mass is 16.5. The van der Waals surface area contributed by atoms with Gasteiger partial charge in [0.15, 0.2) is 0 Å². The summed E-state index contributed by atoms with van der Waals surface area (Å²) in [5, 5.41) is 0. The van der Waals surface area contributed by atoms with E-state index in [1.54, 1.807) is 0 Å². The highest BCUT2D eigenvalue weighted by Crippen LogP contribution is 1.97. The third kappa shape index (κ3) is 0.841. The number of H-pyrrole nitrogens is 1. The maximum absolute atomic E-state index is 9.48. The summed E-state index contributed by atoms with van der Waals surface area (Å²) in [6.07, 6.45) is 2.79. The Balaban J connectivity index is 2.62. The number of aromatic amines is 1. The van der Waals surface area contributed by atoms with Gasteiger partial charge in [-0.05, 0) is 0 Å². The maximum atomic E-state index is 9.48. The number of imidazole rings is 1. The standard InChI is InChI=1S/C4H3N2O2/c7-3-8-4-1-5-2-6-4/h1-2H,(H,5,6). The molecular weight excluding hydrogens is 108 g/mol. The lowest BCUT2D eigenvalue weighted by molar-refractivity contribution is 0.434. The summed E-state index contributed by atoms with van der Waals surface area (Å²) in [6.45, 7) is 1.25. The first-order valence-electron chi connectivity index (χ1n) is 1.96. The number of aromatic nitrogens is 2. The van der Waals surface area contributed by atoms with Crippen LogP contribution < -0.4 is 4.74 Å². The van der Waals surface area contributed by atoms with Crippen LogP contribution in [0, 0.1) is 0 Å². The first-order chi connectivity index (χ1) is 3.93. The highest BCUT2D eigenvalue weighted by molar-refractivity contribution is 5.43. The molecule has 0 unspecified atom stereocenters. The molecule has 0 aliphatic rings. The minimum absolute atomic E-state index is 0.306. The van der Waals surface area contributed by atoms with E-state index in [0.717, 1.165) is 0 Å². The van der Waals surface area contributed by atoms with Crippen molar-refractivity contribution < 1.29 is 9.53 Å². The minimum atomic E-state index is 0.306. The molecule has 0 saturated carbocycles. The lowest BCUT2D eigenvalue weighted by Crippen LogP contribution is -1.86. The number of ether oxygens (including phenoxy) is 1. The fraction of sp³-hybridized carbons (Fsp3) is 0. The molecule has 1 N–H and O–H groups in total. The predicted molar refractivity (Wildman–Crippen MR) is 24.9 cm³/mol. The average Bonchev–Trinajstić information content (AvgIpc) is 2.19. The van der Waals surface area contributed by atoms with Crippen molar-refractivity contribution in [2.45, 2.75) is 0 Å². The monoisotopic (exact) mass is 111 g/mol. The van der Waals surface area contributed by atoms with Gasteiger partial charge in [0.05, 0.1) is 12.5 Å². The zero-order chi connectivity index (χ0) is 5.82. The van der Waals surface area contributed by atoms with Gasteiger partial charge < -0.3 is 9.72 Å². The smallest absolute Gasteiger partial charge is 0.399 e. The molecular formula is C4H3N2O2. The lowest BCUT2D eigenvalue weighted by atomic mass is 10.9. The number of carbonyl (C=O) groups excluding carboxylic acids is 1. The molecule has 8 heavy (non-hydrogen) atoms. The van der Waals surface area contributed by atoms with Crippen LogP contribution in [0.5, 0.6) is 5.88 Å². The second-order valence-corrected chi connectivity index (χ2v) is 1.10. The van der Waals surface area contributed by atoms with E-state index in [1.165, 1.54) is 19.0 Å². The topological polar surface area (TPSA) is 55.0 Å². The van der Waals surface area contributed by atoms with E-state index >= 15 is 0 Å². The lowest BCUT2D eigenvalue weighted by Gasteiger charge is -1.82. The van der Waals surface area contributed by atoms with Gasteiger partial charge in [0.1, 0.15) is 0 Å². The third-order valence-electron chi connectivity index (χ3n) is 0.625. The summed E-state index contributed by atoms with van der Waals surface area (Å²) in [5.41, 5.74) is 0. The Hall–Kier alpha value is -1.32. The van der Waals surface area contributed by atoms with Crippen LogP contribution in [-0.2, 0) is 4.79 Å².